The number of amides is 1. The molecule has 0 aliphatic heterocycles. The Morgan fingerprint density at radius 2 is 1.92 bits per heavy atom. The lowest BCUT2D eigenvalue weighted by Crippen LogP contribution is -2.43. The van der Waals surface area contributed by atoms with E-state index in [1.807, 2.05) is 37.4 Å². The van der Waals surface area contributed by atoms with Gasteiger partial charge in [-0.05, 0) is 5.56 Å². The van der Waals surface area contributed by atoms with Crippen molar-refractivity contribution in [3.8, 4) is 0 Å². The fraction of sp³-hybridized carbons (Fsp3) is 0.333. The molecule has 9 heteroatoms. The summed E-state index contributed by atoms with van der Waals surface area (Å²) >= 11 is 0. The SMILES string of the molecule is CN=C(NCC(=O)NCc1ccccc1)NCc1ncnn1C.I. The van der Waals surface area contributed by atoms with Crippen LogP contribution >= 0.6 is 24.0 Å². The number of carbonyl (C=O) groups is 1. The molecule has 0 atom stereocenters. The van der Waals surface area contributed by atoms with Crippen molar-refractivity contribution in [3.05, 3.63) is 48.0 Å². The highest BCUT2D eigenvalue weighted by atomic mass is 127. The van der Waals surface area contributed by atoms with Gasteiger partial charge in [-0.2, -0.15) is 5.10 Å². The molecular weight excluding hydrogens is 421 g/mol. The molecule has 0 saturated carbocycles. The summed E-state index contributed by atoms with van der Waals surface area (Å²) in [5.74, 6) is 1.21. The molecule has 1 aromatic carbocycles. The predicted octanol–water partition coefficient (Wildman–Crippen LogP) is 0.414. The highest BCUT2D eigenvalue weighted by Gasteiger charge is 2.05. The minimum atomic E-state index is -0.101. The van der Waals surface area contributed by atoms with Gasteiger partial charge in [0.1, 0.15) is 12.2 Å². The molecular formula is C15H22IN7O. The summed E-state index contributed by atoms with van der Waals surface area (Å²) in [6.45, 7) is 1.12. The van der Waals surface area contributed by atoms with Crippen LogP contribution in [0.2, 0.25) is 0 Å². The Morgan fingerprint density at radius 1 is 1.17 bits per heavy atom. The summed E-state index contributed by atoms with van der Waals surface area (Å²) in [6.07, 6.45) is 1.49. The Bertz CT molecular complexity index is 657. The molecule has 2 aromatic rings. The van der Waals surface area contributed by atoms with Gasteiger partial charge in [0.2, 0.25) is 5.91 Å². The van der Waals surface area contributed by atoms with Gasteiger partial charge in [-0.25, -0.2) is 4.98 Å². The zero-order valence-corrected chi connectivity index (χ0v) is 16.0. The largest absolute Gasteiger partial charge is 0.350 e. The second-order valence-corrected chi connectivity index (χ2v) is 4.84. The lowest BCUT2D eigenvalue weighted by atomic mass is 10.2. The third kappa shape index (κ3) is 6.52. The summed E-state index contributed by atoms with van der Waals surface area (Å²) in [6, 6.07) is 9.76. The number of hydrogen-bond donors (Lipinski definition) is 3. The van der Waals surface area contributed by atoms with Crippen LogP contribution in [0.1, 0.15) is 11.4 Å². The van der Waals surface area contributed by atoms with Crippen molar-refractivity contribution >= 4 is 35.8 Å². The van der Waals surface area contributed by atoms with E-state index in [0.717, 1.165) is 11.4 Å². The van der Waals surface area contributed by atoms with Crippen LogP contribution in [0.15, 0.2) is 41.7 Å². The fourth-order valence-corrected chi connectivity index (χ4v) is 1.89. The number of hydrogen-bond acceptors (Lipinski definition) is 4. The van der Waals surface area contributed by atoms with E-state index in [1.54, 1.807) is 11.7 Å². The standard InChI is InChI=1S/C15H21N7O.HI/c1-16-15(18-9-13-20-11-21-22(13)2)19-10-14(23)17-8-12-6-4-3-5-7-12;/h3-7,11H,8-10H2,1-2H3,(H,17,23)(H2,16,18,19);1H. The van der Waals surface area contributed by atoms with Crippen molar-refractivity contribution in [2.75, 3.05) is 13.6 Å². The Kier molecular flexibility index (Phi) is 8.76. The van der Waals surface area contributed by atoms with Gasteiger partial charge in [0, 0.05) is 20.6 Å². The van der Waals surface area contributed by atoms with Gasteiger partial charge in [0.25, 0.3) is 0 Å². The average molecular weight is 443 g/mol. The van der Waals surface area contributed by atoms with E-state index in [1.165, 1.54) is 6.33 Å². The topological polar surface area (TPSA) is 96.2 Å². The lowest BCUT2D eigenvalue weighted by molar-refractivity contribution is -0.120. The maximum Gasteiger partial charge on any atom is 0.239 e. The Hall–Kier alpha value is -2.17. The van der Waals surface area contributed by atoms with Crippen molar-refractivity contribution in [3.63, 3.8) is 0 Å². The molecule has 8 nitrogen and oxygen atoms in total. The highest BCUT2D eigenvalue weighted by molar-refractivity contribution is 14.0. The van der Waals surface area contributed by atoms with Gasteiger partial charge in [-0.3, -0.25) is 14.5 Å². The number of carbonyl (C=O) groups excluding carboxylic acids is 1. The minimum absolute atomic E-state index is 0. The van der Waals surface area contributed by atoms with E-state index in [0.29, 0.717) is 19.0 Å². The monoisotopic (exact) mass is 443 g/mol. The Balaban J connectivity index is 0.00000288. The van der Waals surface area contributed by atoms with E-state index in [-0.39, 0.29) is 36.4 Å². The number of aliphatic imine (C=N–C) groups is 1. The van der Waals surface area contributed by atoms with Gasteiger partial charge in [0.15, 0.2) is 5.96 Å². The first-order chi connectivity index (χ1) is 11.2. The van der Waals surface area contributed by atoms with E-state index < -0.39 is 0 Å². The van der Waals surface area contributed by atoms with E-state index in [4.69, 9.17) is 0 Å². The first-order valence-corrected chi connectivity index (χ1v) is 7.27. The first-order valence-electron chi connectivity index (χ1n) is 7.27. The quantitative estimate of drug-likeness (QED) is 0.342. The van der Waals surface area contributed by atoms with E-state index in [2.05, 4.69) is 31.0 Å². The van der Waals surface area contributed by atoms with Crippen LogP contribution in [0.25, 0.3) is 0 Å². The molecule has 1 aromatic heterocycles. The summed E-state index contributed by atoms with van der Waals surface area (Å²) in [4.78, 5) is 20.0. The lowest BCUT2D eigenvalue weighted by Gasteiger charge is -2.11. The third-order valence-corrected chi connectivity index (χ3v) is 3.19. The molecule has 0 radical (unpaired) electrons. The molecule has 0 aliphatic carbocycles. The van der Waals surface area contributed by atoms with Crippen LogP contribution in [0.3, 0.4) is 0 Å². The second-order valence-electron chi connectivity index (χ2n) is 4.84. The Morgan fingerprint density at radius 3 is 2.54 bits per heavy atom. The van der Waals surface area contributed by atoms with Gasteiger partial charge in [-0.15, -0.1) is 24.0 Å². The molecule has 1 amide bonds. The number of guanidine groups is 1. The molecule has 0 saturated heterocycles. The summed E-state index contributed by atoms with van der Waals surface area (Å²) in [7, 11) is 3.46. The second kappa shape index (κ2) is 10.6. The molecule has 0 bridgehead atoms. The zero-order chi connectivity index (χ0) is 16.5. The zero-order valence-electron chi connectivity index (χ0n) is 13.7. The van der Waals surface area contributed by atoms with Crippen LogP contribution < -0.4 is 16.0 Å². The van der Waals surface area contributed by atoms with E-state index >= 15 is 0 Å². The molecule has 2 rings (SSSR count). The first kappa shape index (κ1) is 19.9. The number of halogens is 1. The van der Waals surface area contributed by atoms with Crippen LogP contribution in [-0.4, -0.2) is 40.2 Å². The molecule has 0 fully saturated rings. The van der Waals surface area contributed by atoms with E-state index in [9.17, 15) is 4.79 Å². The third-order valence-electron chi connectivity index (χ3n) is 3.19. The summed E-state index contributed by atoms with van der Waals surface area (Å²) in [5, 5.41) is 12.9. The maximum atomic E-state index is 11.8. The summed E-state index contributed by atoms with van der Waals surface area (Å²) in [5.41, 5.74) is 1.06. The molecule has 0 aliphatic rings. The maximum absolute atomic E-state index is 11.8. The van der Waals surface area contributed by atoms with Crippen molar-refractivity contribution < 1.29 is 4.79 Å². The number of aromatic nitrogens is 3. The molecule has 24 heavy (non-hydrogen) atoms. The van der Waals surface area contributed by atoms with Gasteiger partial charge in [0.05, 0.1) is 13.1 Å². The normalized spacial score (nSPS) is 10.7. The molecule has 3 N–H and O–H groups in total. The van der Waals surface area contributed by atoms with Crippen molar-refractivity contribution in [1.29, 1.82) is 0 Å². The van der Waals surface area contributed by atoms with Crippen LogP contribution in [0.4, 0.5) is 0 Å². The van der Waals surface area contributed by atoms with Crippen LogP contribution in [-0.2, 0) is 24.9 Å². The number of nitrogens with zero attached hydrogens (tertiary/aromatic N) is 4. The molecule has 1 heterocycles. The smallest absolute Gasteiger partial charge is 0.239 e. The Labute approximate surface area is 158 Å². The predicted molar refractivity (Wildman–Crippen MR) is 103 cm³/mol. The molecule has 0 spiro atoms. The fourth-order valence-electron chi connectivity index (χ4n) is 1.89. The van der Waals surface area contributed by atoms with Gasteiger partial charge >= 0.3 is 0 Å². The molecule has 0 unspecified atom stereocenters. The van der Waals surface area contributed by atoms with Gasteiger partial charge in [-0.1, -0.05) is 30.3 Å². The van der Waals surface area contributed by atoms with Crippen molar-refractivity contribution in [2.45, 2.75) is 13.1 Å². The van der Waals surface area contributed by atoms with Crippen LogP contribution in [0.5, 0.6) is 0 Å². The summed E-state index contributed by atoms with van der Waals surface area (Å²) < 4.78 is 1.67. The van der Waals surface area contributed by atoms with Crippen LogP contribution in [0, 0.1) is 0 Å². The van der Waals surface area contributed by atoms with Gasteiger partial charge < -0.3 is 16.0 Å². The van der Waals surface area contributed by atoms with Crippen molar-refractivity contribution in [1.82, 2.24) is 30.7 Å². The highest BCUT2D eigenvalue weighted by Crippen LogP contribution is 1.96. The number of aryl methyl sites for hydroxylation is 1. The number of benzene rings is 1. The minimum Gasteiger partial charge on any atom is -0.350 e. The number of nitrogens with one attached hydrogen (secondary N) is 3. The molecule has 130 valence electrons. The van der Waals surface area contributed by atoms with Crippen molar-refractivity contribution in [2.24, 2.45) is 12.0 Å². The number of rotatable bonds is 6. The average Bonchev–Trinajstić information content (AvgIpc) is 2.99.